The van der Waals surface area contributed by atoms with Crippen LogP contribution in [0.25, 0.3) is 22.2 Å². The third kappa shape index (κ3) is 4.78. The largest absolute Gasteiger partial charge is 0.491 e. The summed E-state index contributed by atoms with van der Waals surface area (Å²) in [6.45, 7) is 0.973. The average Bonchev–Trinajstić information content (AvgIpc) is 3.19. The van der Waals surface area contributed by atoms with Crippen LogP contribution in [0, 0.1) is 15.9 Å². The number of likely N-dealkylation sites (N-methyl/N-ethyl adjacent to an activating group) is 2. The van der Waals surface area contributed by atoms with Crippen molar-refractivity contribution in [1.29, 1.82) is 0 Å². The highest BCUT2D eigenvalue weighted by atomic mass is 19.1. The second kappa shape index (κ2) is 10.2. The van der Waals surface area contributed by atoms with Crippen LogP contribution in [-0.4, -0.2) is 65.7 Å². The summed E-state index contributed by atoms with van der Waals surface area (Å²) in [6, 6.07) is 11.0. The van der Waals surface area contributed by atoms with E-state index in [9.17, 15) is 10.1 Å². The van der Waals surface area contributed by atoms with Gasteiger partial charge in [0.25, 0.3) is 5.69 Å². The third-order valence-electron chi connectivity index (χ3n) is 5.92. The molecule has 11 heteroatoms. The van der Waals surface area contributed by atoms with Crippen LogP contribution in [-0.2, 0) is 7.05 Å². The van der Waals surface area contributed by atoms with E-state index in [-0.39, 0.29) is 28.8 Å². The van der Waals surface area contributed by atoms with E-state index in [1.165, 1.54) is 18.1 Å². The minimum Gasteiger partial charge on any atom is -0.491 e. The number of benzene rings is 2. The van der Waals surface area contributed by atoms with Crippen LogP contribution in [0.3, 0.4) is 0 Å². The van der Waals surface area contributed by atoms with E-state index in [0.717, 1.165) is 16.5 Å². The first-order chi connectivity index (χ1) is 17.2. The summed E-state index contributed by atoms with van der Waals surface area (Å²) in [6.07, 6.45) is 3.55. The molecule has 4 rings (SSSR count). The number of nitro benzene ring substituents is 1. The number of nitrogens with one attached hydrogen (secondary N) is 1. The number of aryl methyl sites for hydroxylation is 1. The Morgan fingerprint density at radius 3 is 2.64 bits per heavy atom. The maximum absolute atomic E-state index is 15.6. The minimum absolute atomic E-state index is 0.0570. The van der Waals surface area contributed by atoms with Gasteiger partial charge < -0.3 is 24.4 Å². The predicted octanol–water partition coefficient (Wildman–Crippen LogP) is 4.43. The molecule has 0 fully saturated rings. The summed E-state index contributed by atoms with van der Waals surface area (Å²) in [7, 11) is 8.62. The van der Waals surface area contributed by atoms with E-state index < -0.39 is 10.7 Å². The lowest BCUT2D eigenvalue weighted by atomic mass is 10.1. The van der Waals surface area contributed by atoms with Gasteiger partial charge in [-0.15, -0.1) is 0 Å². The molecule has 0 saturated carbocycles. The number of aromatic nitrogens is 3. The van der Waals surface area contributed by atoms with Crippen molar-refractivity contribution < 1.29 is 14.1 Å². The van der Waals surface area contributed by atoms with Crippen molar-refractivity contribution in [3.8, 4) is 17.0 Å². The Bertz CT molecular complexity index is 1420. The van der Waals surface area contributed by atoms with Gasteiger partial charge in [-0.1, -0.05) is 18.2 Å². The van der Waals surface area contributed by atoms with Crippen molar-refractivity contribution in [3.05, 3.63) is 64.7 Å². The molecule has 0 aliphatic carbocycles. The minimum atomic E-state index is -0.833. The molecule has 0 aliphatic rings. The molecular weight excluding hydrogens is 465 g/mol. The summed E-state index contributed by atoms with van der Waals surface area (Å²) in [5.74, 6) is -0.840. The van der Waals surface area contributed by atoms with Crippen molar-refractivity contribution in [1.82, 2.24) is 19.4 Å². The highest BCUT2D eigenvalue weighted by Crippen LogP contribution is 2.42. The van der Waals surface area contributed by atoms with Crippen LogP contribution in [0.4, 0.5) is 27.4 Å². The average molecular weight is 494 g/mol. The van der Waals surface area contributed by atoms with Crippen LogP contribution in [0.5, 0.6) is 5.75 Å². The van der Waals surface area contributed by atoms with Crippen molar-refractivity contribution in [2.24, 2.45) is 7.05 Å². The van der Waals surface area contributed by atoms with Gasteiger partial charge in [-0.25, -0.2) is 14.4 Å². The van der Waals surface area contributed by atoms with E-state index in [2.05, 4.69) is 15.3 Å². The van der Waals surface area contributed by atoms with Crippen LogP contribution in [0.2, 0.25) is 0 Å². The highest BCUT2D eigenvalue weighted by molar-refractivity contribution is 5.95. The molecule has 1 N–H and O–H groups in total. The fraction of sp³-hybridized carbons (Fsp3) is 0.280. The zero-order chi connectivity index (χ0) is 26.0. The number of para-hydroxylation sites is 1. The SMILES string of the molecule is COc1c(Nc2nccc(-c3cn(C)c4ccccc34)n2)cc([N+](=O)[O-])c(N(C)CCN(C)C)c1F. The third-order valence-corrected chi connectivity index (χ3v) is 5.92. The molecule has 2 aromatic heterocycles. The van der Waals surface area contributed by atoms with Crippen molar-refractivity contribution in [2.45, 2.75) is 0 Å². The van der Waals surface area contributed by atoms with Crippen molar-refractivity contribution in [3.63, 3.8) is 0 Å². The molecule has 0 aliphatic heterocycles. The second-order valence-electron chi connectivity index (χ2n) is 8.68. The van der Waals surface area contributed by atoms with Crippen molar-refractivity contribution >= 4 is 33.9 Å². The number of ether oxygens (including phenoxy) is 1. The molecule has 0 saturated heterocycles. The second-order valence-corrected chi connectivity index (χ2v) is 8.68. The monoisotopic (exact) mass is 493 g/mol. The zero-order valence-electron chi connectivity index (χ0n) is 20.8. The van der Waals surface area contributed by atoms with E-state index in [1.54, 1.807) is 19.3 Å². The van der Waals surface area contributed by atoms with Crippen LogP contribution in [0.15, 0.2) is 48.8 Å². The van der Waals surface area contributed by atoms with Gasteiger partial charge in [-0.3, -0.25) is 10.1 Å². The Morgan fingerprint density at radius 1 is 1.19 bits per heavy atom. The Labute approximate surface area is 208 Å². The lowest BCUT2D eigenvalue weighted by Crippen LogP contribution is -2.29. The number of nitro groups is 1. The number of halogens is 1. The van der Waals surface area contributed by atoms with Gasteiger partial charge in [0.05, 0.1) is 23.4 Å². The summed E-state index contributed by atoms with van der Waals surface area (Å²) in [5, 5.41) is 15.8. The summed E-state index contributed by atoms with van der Waals surface area (Å²) < 4.78 is 22.9. The Balaban J connectivity index is 1.74. The number of methoxy groups -OCH3 is 1. The highest BCUT2D eigenvalue weighted by Gasteiger charge is 2.29. The molecule has 0 spiro atoms. The first-order valence-corrected chi connectivity index (χ1v) is 11.3. The van der Waals surface area contributed by atoms with Crippen LogP contribution in [0.1, 0.15) is 0 Å². The molecule has 4 aromatic rings. The number of anilines is 3. The Morgan fingerprint density at radius 2 is 1.94 bits per heavy atom. The van der Waals surface area contributed by atoms with Gasteiger partial charge >= 0.3 is 0 Å². The maximum Gasteiger partial charge on any atom is 0.297 e. The topological polar surface area (TPSA) is 102 Å². The Hall–Kier alpha value is -4.25. The molecule has 0 amide bonds. The lowest BCUT2D eigenvalue weighted by Gasteiger charge is -2.23. The quantitative estimate of drug-likeness (QED) is 0.270. The van der Waals surface area contributed by atoms with Crippen molar-refractivity contribution in [2.75, 3.05) is 51.6 Å². The molecular formula is C25H28FN7O3. The van der Waals surface area contributed by atoms with Crippen LogP contribution < -0.4 is 15.0 Å². The number of nitrogens with zero attached hydrogens (tertiary/aromatic N) is 6. The summed E-state index contributed by atoms with van der Waals surface area (Å²) in [4.78, 5) is 23.5. The number of rotatable bonds is 9. The summed E-state index contributed by atoms with van der Waals surface area (Å²) >= 11 is 0. The van der Waals surface area contributed by atoms with Gasteiger partial charge in [0.1, 0.15) is 0 Å². The molecule has 0 unspecified atom stereocenters. The normalized spacial score (nSPS) is 11.2. The molecule has 2 aromatic carbocycles. The van der Waals surface area contributed by atoms with Gasteiger partial charge in [0.15, 0.2) is 17.3 Å². The van der Waals surface area contributed by atoms with Gasteiger partial charge in [-0.05, 0) is 26.2 Å². The standard InChI is InChI=1S/C25H28FN7O3/c1-30(2)12-13-31(3)23-21(33(34)35)14-19(24(36-5)22(23)26)29-25-27-11-10-18(28-25)17-15-32(4)20-9-7-6-8-16(17)20/h6-11,14-15H,12-13H2,1-5H3,(H,27,28,29). The van der Waals surface area contributed by atoms with Crippen LogP contribution >= 0.6 is 0 Å². The number of hydrogen-bond acceptors (Lipinski definition) is 8. The molecule has 2 heterocycles. The molecule has 36 heavy (non-hydrogen) atoms. The fourth-order valence-electron chi connectivity index (χ4n) is 4.10. The predicted molar refractivity (Wildman–Crippen MR) is 139 cm³/mol. The molecule has 188 valence electrons. The molecule has 0 bridgehead atoms. The molecule has 0 atom stereocenters. The van der Waals surface area contributed by atoms with Gasteiger partial charge in [0.2, 0.25) is 5.95 Å². The molecule has 0 radical (unpaired) electrons. The van der Waals surface area contributed by atoms with E-state index in [1.807, 2.05) is 61.1 Å². The number of hydrogen-bond donors (Lipinski definition) is 1. The van der Waals surface area contributed by atoms with E-state index in [0.29, 0.717) is 18.8 Å². The van der Waals surface area contributed by atoms with E-state index >= 15 is 4.39 Å². The zero-order valence-corrected chi connectivity index (χ0v) is 20.8. The first kappa shape index (κ1) is 24.9. The number of fused-ring (bicyclic) bond motifs is 1. The summed E-state index contributed by atoms with van der Waals surface area (Å²) in [5.41, 5.74) is 2.13. The Kier molecular flexibility index (Phi) is 7.02. The fourth-order valence-corrected chi connectivity index (χ4v) is 4.10. The van der Waals surface area contributed by atoms with E-state index in [4.69, 9.17) is 4.74 Å². The van der Waals surface area contributed by atoms with Gasteiger partial charge in [-0.2, -0.15) is 0 Å². The maximum atomic E-state index is 15.6. The first-order valence-electron chi connectivity index (χ1n) is 11.3. The smallest absolute Gasteiger partial charge is 0.297 e. The lowest BCUT2D eigenvalue weighted by molar-refractivity contribution is -0.384. The molecule has 10 nitrogen and oxygen atoms in total. The van der Waals surface area contributed by atoms with Gasteiger partial charge in [0, 0.05) is 62.1 Å².